The number of aliphatic carboxylic acids is 1. The molecule has 0 aliphatic carbocycles. The van der Waals surface area contributed by atoms with E-state index < -0.39 is 17.5 Å². The number of hydrogen-bond donors (Lipinski definition) is 3. The Hall–Kier alpha value is -0.610. The molecule has 11 heavy (non-hydrogen) atoms. The lowest BCUT2D eigenvalue weighted by molar-refractivity contribution is -0.157. The van der Waals surface area contributed by atoms with Crippen LogP contribution in [0.1, 0.15) is 13.3 Å². The van der Waals surface area contributed by atoms with Crippen molar-refractivity contribution in [3.8, 4) is 0 Å². The Balaban J connectivity index is 2.72. The third-order valence-electron chi connectivity index (χ3n) is 2.38. The molecule has 0 radical (unpaired) electrons. The first-order valence-corrected chi connectivity index (χ1v) is 3.69. The first kappa shape index (κ1) is 8.49. The van der Waals surface area contributed by atoms with E-state index in [0.29, 0.717) is 19.5 Å². The van der Waals surface area contributed by atoms with E-state index in [1.165, 1.54) is 0 Å². The highest BCUT2D eigenvalue weighted by atomic mass is 16.4. The molecule has 0 amide bonds. The molecule has 0 aromatic rings. The van der Waals surface area contributed by atoms with Crippen molar-refractivity contribution < 1.29 is 15.0 Å². The maximum atomic E-state index is 10.7. The largest absolute Gasteiger partial charge is 0.481 e. The first-order chi connectivity index (χ1) is 5.07. The van der Waals surface area contributed by atoms with Gasteiger partial charge in [0.1, 0.15) is 0 Å². The Morgan fingerprint density at radius 1 is 1.73 bits per heavy atom. The molecule has 2 atom stereocenters. The van der Waals surface area contributed by atoms with E-state index in [4.69, 9.17) is 5.11 Å². The van der Waals surface area contributed by atoms with Gasteiger partial charge in [0.2, 0.25) is 0 Å². The van der Waals surface area contributed by atoms with Crippen molar-refractivity contribution in [2.75, 3.05) is 13.1 Å². The number of piperidine rings is 1. The molecule has 1 saturated heterocycles. The predicted molar refractivity (Wildman–Crippen MR) is 39.2 cm³/mol. The summed E-state index contributed by atoms with van der Waals surface area (Å²) < 4.78 is 0. The van der Waals surface area contributed by atoms with Crippen LogP contribution in [-0.4, -0.2) is 35.4 Å². The van der Waals surface area contributed by atoms with Crippen LogP contribution in [0.4, 0.5) is 0 Å². The Kier molecular flexibility index (Phi) is 2.15. The van der Waals surface area contributed by atoms with Gasteiger partial charge in [0.25, 0.3) is 0 Å². The van der Waals surface area contributed by atoms with Gasteiger partial charge in [-0.3, -0.25) is 4.79 Å². The van der Waals surface area contributed by atoms with Gasteiger partial charge < -0.3 is 15.5 Å². The van der Waals surface area contributed by atoms with Gasteiger partial charge in [-0.15, -0.1) is 0 Å². The summed E-state index contributed by atoms with van der Waals surface area (Å²) in [6.45, 7) is 2.63. The van der Waals surface area contributed by atoms with Crippen molar-refractivity contribution in [3.05, 3.63) is 0 Å². The number of carboxylic acid groups (broad SMARTS) is 1. The second-order valence-corrected chi connectivity index (χ2v) is 3.19. The van der Waals surface area contributed by atoms with Crippen molar-refractivity contribution in [2.45, 2.75) is 19.4 Å². The van der Waals surface area contributed by atoms with Crippen LogP contribution >= 0.6 is 0 Å². The summed E-state index contributed by atoms with van der Waals surface area (Å²) in [7, 11) is 0. The van der Waals surface area contributed by atoms with E-state index in [2.05, 4.69) is 5.32 Å². The molecule has 1 heterocycles. The normalized spacial score (nSPS) is 38.5. The molecule has 4 nitrogen and oxygen atoms in total. The zero-order chi connectivity index (χ0) is 8.48. The van der Waals surface area contributed by atoms with Gasteiger partial charge in [0.15, 0.2) is 0 Å². The summed E-state index contributed by atoms with van der Waals surface area (Å²) in [6.07, 6.45) is -0.280. The highest BCUT2D eigenvalue weighted by Crippen LogP contribution is 2.28. The quantitative estimate of drug-likeness (QED) is 0.479. The lowest BCUT2D eigenvalue weighted by atomic mass is 9.79. The number of β-amino-alcohol motifs (C(OH)–C–C–N with tert-alkyl or cyclic N) is 1. The molecule has 1 aliphatic heterocycles. The van der Waals surface area contributed by atoms with Gasteiger partial charge in [-0.2, -0.15) is 0 Å². The van der Waals surface area contributed by atoms with E-state index >= 15 is 0 Å². The van der Waals surface area contributed by atoms with Gasteiger partial charge >= 0.3 is 5.97 Å². The van der Waals surface area contributed by atoms with Crippen molar-refractivity contribution in [1.29, 1.82) is 0 Å². The maximum Gasteiger partial charge on any atom is 0.312 e. The molecule has 0 bridgehead atoms. The topological polar surface area (TPSA) is 69.6 Å². The number of nitrogens with one attached hydrogen (secondary N) is 1. The van der Waals surface area contributed by atoms with Crippen LogP contribution in [0.5, 0.6) is 0 Å². The average Bonchev–Trinajstić information content (AvgIpc) is 1.95. The Morgan fingerprint density at radius 2 is 2.36 bits per heavy atom. The summed E-state index contributed by atoms with van der Waals surface area (Å²) in [6, 6.07) is 0. The Labute approximate surface area is 65.2 Å². The van der Waals surface area contributed by atoms with E-state index in [1.807, 2.05) is 0 Å². The van der Waals surface area contributed by atoms with Crippen LogP contribution in [0.3, 0.4) is 0 Å². The fourth-order valence-electron chi connectivity index (χ4n) is 1.23. The van der Waals surface area contributed by atoms with Crippen molar-refractivity contribution in [3.63, 3.8) is 0 Å². The predicted octanol–water partition coefficient (Wildman–Crippen LogP) is -0.569. The van der Waals surface area contributed by atoms with Crippen molar-refractivity contribution in [1.82, 2.24) is 5.32 Å². The van der Waals surface area contributed by atoms with Crippen LogP contribution in [0.2, 0.25) is 0 Å². The molecule has 0 aromatic heterocycles. The number of rotatable bonds is 1. The minimum atomic E-state index is -0.953. The van der Waals surface area contributed by atoms with Crippen molar-refractivity contribution >= 4 is 5.97 Å². The van der Waals surface area contributed by atoms with Crippen LogP contribution in [0.25, 0.3) is 0 Å². The smallest absolute Gasteiger partial charge is 0.312 e. The molecule has 2 unspecified atom stereocenters. The summed E-state index contributed by atoms with van der Waals surface area (Å²) >= 11 is 0. The molecule has 0 saturated carbocycles. The summed E-state index contributed by atoms with van der Waals surface area (Å²) in [4.78, 5) is 10.7. The summed E-state index contributed by atoms with van der Waals surface area (Å²) in [5.74, 6) is -0.911. The molecule has 64 valence electrons. The SMILES string of the molecule is CC1(C(=O)O)CCNCC1O. The lowest BCUT2D eigenvalue weighted by Gasteiger charge is -2.34. The van der Waals surface area contributed by atoms with Crippen molar-refractivity contribution in [2.24, 2.45) is 5.41 Å². The monoisotopic (exact) mass is 159 g/mol. The minimum Gasteiger partial charge on any atom is -0.481 e. The highest BCUT2D eigenvalue weighted by molar-refractivity contribution is 5.75. The van der Waals surface area contributed by atoms with Gasteiger partial charge in [-0.05, 0) is 19.9 Å². The van der Waals surface area contributed by atoms with Crippen LogP contribution in [0, 0.1) is 5.41 Å². The fraction of sp³-hybridized carbons (Fsp3) is 0.857. The second kappa shape index (κ2) is 2.79. The number of aliphatic hydroxyl groups is 1. The van der Waals surface area contributed by atoms with Gasteiger partial charge in [-0.1, -0.05) is 0 Å². The molecular weight excluding hydrogens is 146 g/mol. The zero-order valence-corrected chi connectivity index (χ0v) is 6.50. The molecule has 4 heteroatoms. The summed E-state index contributed by atoms with van der Waals surface area (Å²) in [5, 5.41) is 21.1. The molecular formula is C7H13NO3. The van der Waals surface area contributed by atoms with Crippen LogP contribution in [0.15, 0.2) is 0 Å². The standard InChI is InChI=1S/C7H13NO3/c1-7(6(10)11)2-3-8-4-5(7)9/h5,8-9H,2-4H2,1H3,(H,10,11). The third-order valence-corrected chi connectivity index (χ3v) is 2.38. The average molecular weight is 159 g/mol. The van der Waals surface area contributed by atoms with E-state index in [-0.39, 0.29) is 0 Å². The summed E-state index contributed by atoms with van der Waals surface area (Å²) in [5.41, 5.74) is -0.953. The maximum absolute atomic E-state index is 10.7. The Morgan fingerprint density at radius 3 is 2.73 bits per heavy atom. The van der Waals surface area contributed by atoms with E-state index in [1.54, 1.807) is 6.92 Å². The van der Waals surface area contributed by atoms with E-state index in [0.717, 1.165) is 0 Å². The lowest BCUT2D eigenvalue weighted by Crippen LogP contribution is -2.51. The van der Waals surface area contributed by atoms with E-state index in [9.17, 15) is 9.90 Å². The van der Waals surface area contributed by atoms with Crippen LogP contribution in [-0.2, 0) is 4.79 Å². The number of aliphatic hydroxyl groups excluding tert-OH is 1. The Bertz CT molecular complexity index is 171. The highest BCUT2D eigenvalue weighted by Gasteiger charge is 2.42. The molecule has 3 N–H and O–H groups in total. The number of carboxylic acids is 1. The number of carbonyl (C=O) groups is 1. The molecule has 1 fully saturated rings. The fourth-order valence-corrected chi connectivity index (χ4v) is 1.23. The second-order valence-electron chi connectivity index (χ2n) is 3.19. The molecule has 1 rings (SSSR count). The van der Waals surface area contributed by atoms with Gasteiger partial charge in [0, 0.05) is 6.54 Å². The van der Waals surface area contributed by atoms with Gasteiger partial charge in [0.05, 0.1) is 11.5 Å². The third kappa shape index (κ3) is 1.36. The molecule has 0 spiro atoms. The molecule has 0 aromatic carbocycles. The van der Waals surface area contributed by atoms with Gasteiger partial charge in [-0.25, -0.2) is 0 Å². The first-order valence-electron chi connectivity index (χ1n) is 3.69. The zero-order valence-electron chi connectivity index (χ0n) is 6.50. The molecule has 1 aliphatic rings. The number of hydrogen-bond acceptors (Lipinski definition) is 3. The minimum absolute atomic E-state index is 0.378. The van der Waals surface area contributed by atoms with Crippen LogP contribution < -0.4 is 5.32 Å².